The fourth-order valence-electron chi connectivity index (χ4n) is 2.02. The van der Waals surface area contributed by atoms with E-state index in [0.29, 0.717) is 10.7 Å². The molecule has 0 saturated heterocycles. The maximum Gasteiger partial charge on any atom is 0.264 e. The van der Waals surface area contributed by atoms with Crippen molar-refractivity contribution in [3.8, 4) is 0 Å². The van der Waals surface area contributed by atoms with Crippen LogP contribution in [0.2, 0.25) is 0 Å². The SMILES string of the molecule is CCC(C)n1nccc1NC(=O)CN(C)C(=O)c1ccc(Br)s1. The number of anilines is 1. The largest absolute Gasteiger partial charge is 0.332 e. The van der Waals surface area contributed by atoms with Crippen LogP contribution in [0.15, 0.2) is 28.2 Å². The molecule has 2 heterocycles. The van der Waals surface area contributed by atoms with Gasteiger partial charge >= 0.3 is 0 Å². The van der Waals surface area contributed by atoms with E-state index in [0.717, 1.165) is 10.2 Å². The average Bonchev–Trinajstić information content (AvgIpc) is 3.14. The van der Waals surface area contributed by atoms with Crippen molar-refractivity contribution in [2.24, 2.45) is 0 Å². The fourth-order valence-corrected chi connectivity index (χ4v) is 3.41. The highest BCUT2D eigenvalue weighted by Crippen LogP contribution is 2.23. The van der Waals surface area contributed by atoms with Crippen LogP contribution in [0.3, 0.4) is 0 Å². The Balaban J connectivity index is 1.97. The molecule has 0 aliphatic heterocycles. The molecule has 2 aromatic heterocycles. The first-order chi connectivity index (χ1) is 10.9. The number of carbonyl (C=O) groups excluding carboxylic acids is 2. The molecule has 0 aliphatic carbocycles. The number of nitrogens with zero attached hydrogens (tertiary/aromatic N) is 3. The van der Waals surface area contributed by atoms with Crippen LogP contribution in [-0.2, 0) is 4.79 Å². The molecule has 0 spiro atoms. The summed E-state index contributed by atoms with van der Waals surface area (Å²) in [7, 11) is 1.61. The molecule has 0 radical (unpaired) electrons. The number of amides is 2. The molecule has 2 rings (SSSR count). The first kappa shape index (κ1) is 17.7. The zero-order valence-electron chi connectivity index (χ0n) is 13.2. The smallest absolute Gasteiger partial charge is 0.264 e. The van der Waals surface area contributed by atoms with E-state index >= 15 is 0 Å². The van der Waals surface area contributed by atoms with E-state index in [4.69, 9.17) is 0 Å². The number of likely N-dealkylation sites (N-methyl/N-ethyl adjacent to an activating group) is 1. The van der Waals surface area contributed by atoms with Gasteiger partial charge in [-0.2, -0.15) is 5.10 Å². The number of halogens is 1. The lowest BCUT2D eigenvalue weighted by Gasteiger charge is -2.17. The zero-order valence-corrected chi connectivity index (χ0v) is 15.6. The molecule has 0 bridgehead atoms. The Labute approximate surface area is 147 Å². The normalized spacial score (nSPS) is 12.0. The van der Waals surface area contributed by atoms with Gasteiger partial charge in [0.05, 0.1) is 27.4 Å². The van der Waals surface area contributed by atoms with Gasteiger partial charge in [-0.25, -0.2) is 4.68 Å². The number of thiophene rings is 1. The van der Waals surface area contributed by atoms with Gasteiger partial charge in [-0.15, -0.1) is 11.3 Å². The Morgan fingerprint density at radius 3 is 2.78 bits per heavy atom. The van der Waals surface area contributed by atoms with Gasteiger partial charge < -0.3 is 10.2 Å². The summed E-state index contributed by atoms with van der Waals surface area (Å²) in [5.41, 5.74) is 0. The first-order valence-electron chi connectivity index (χ1n) is 7.26. The first-order valence-corrected chi connectivity index (χ1v) is 8.87. The molecule has 23 heavy (non-hydrogen) atoms. The Kier molecular flexibility index (Phi) is 5.95. The minimum absolute atomic E-state index is 0.0139. The van der Waals surface area contributed by atoms with Crippen LogP contribution in [0.4, 0.5) is 5.82 Å². The highest BCUT2D eigenvalue weighted by Gasteiger charge is 2.18. The minimum atomic E-state index is -0.249. The number of nitrogens with one attached hydrogen (secondary N) is 1. The van der Waals surface area contributed by atoms with E-state index in [1.807, 2.05) is 13.0 Å². The monoisotopic (exact) mass is 398 g/mol. The maximum atomic E-state index is 12.2. The van der Waals surface area contributed by atoms with Crippen molar-refractivity contribution < 1.29 is 9.59 Å². The molecule has 1 N–H and O–H groups in total. The standard InChI is InChI=1S/C15H19BrN4O2S/c1-4-10(2)20-13(7-8-17-20)18-14(21)9-19(3)15(22)11-5-6-12(16)23-11/h5-8,10H,4,9H2,1-3H3,(H,18,21). The lowest BCUT2D eigenvalue weighted by Crippen LogP contribution is -2.35. The van der Waals surface area contributed by atoms with Gasteiger partial charge in [0.15, 0.2) is 0 Å². The van der Waals surface area contributed by atoms with Crippen molar-refractivity contribution >= 4 is 44.9 Å². The lowest BCUT2D eigenvalue weighted by molar-refractivity contribution is -0.116. The number of hydrogen-bond donors (Lipinski definition) is 1. The highest BCUT2D eigenvalue weighted by atomic mass is 79.9. The summed E-state index contributed by atoms with van der Waals surface area (Å²) >= 11 is 4.67. The molecule has 2 aromatic rings. The summed E-state index contributed by atoms with van der Waals surface area (Å²) in [6, 6.07) is 5.51. The summed E-state index contributed by atoms with van der Waals surface area (Å²) in [4.78, 5) is 26.4. The molecule has 8 heteroatoms. The van der Waals surface area contributed by atoms with Crippen molar-refractivity contribution in [2.75, 3.05) is 18.9 Å². The molecule has 0 fully saturated rings. The van der Waals surface area contributed by atoms with E-state index in [-0.39, 0.29) is 24.4 Å². The minimum Gasteiger partial charge on any atom is -0.332 e. The van der Waals surface area contributed by atoms with Gasteiger partial charge in [0, 0.05) is 13.1 Å². The van der Waals surface area contributed by atoms with Gasteiger partial charge in [0.1, 0.15) is 5.82 Å². The molecular weight excluding hydrogens is 380 g/mol. The molecule has 0 saturated carbocycles. The van der Waals surface area contributed by atoms with Crippen LogP contribution in [0.25, 0.3) is 0 Å². The van der Waals surface area contributed by atoms with E-state index in [2.05, 4.69) is 33.3 Å². The van der Waals surface area contributed by atoms with Gasteiger partial charge in [-0.1, -0.05) is 6.92 Å². The van der Waals surface area contributed by atoms with E-state index in [1.54, 1.807) is 30.1 Å². The Hall–Kier alpha value is -1.67. The number of carbonyl (C=O) groups is 2. The second kappa shape index (κ2) is 7.74. The third-order valence-electron chi connectivity index (χ3n) is 3.46. The molecular formula is C15H19BrN4O2S. The van der Waals surface area contributed by atoms with Crippen LogP contribution < -0.4 is 5.32 Å². The molecule has 2 amide bonds. The fraction of sp³-hybridized carbons (Fsp3) is 0.400. The second-order valence-electron chi connectivity index (χ2n) is 5.23. The molecule has 6 nitrogen and oxygen atoms in total. The molecule has 124 valence electrons. The molecule has 1 atom stereocenters. The third kappa shape index (κ3) is 4.42. The van der Waals surface area contributed by atoms with Crippen molar-refractivity contribution in [1.29, 1.82) is 0 Å². The average molecular weight is 399 g/mol. The van der Waals surface area contributed by atoms with Gasteiger partial charge in [-0.3, -0.25) is 9.59 Å². The number of aromatic nitrogens is 2. The number of hydrogen-bond acceptors (Lipinski definition) is 4. The van der Waals surface area contributed by atoms with Crippen LogP contribution >= 0.6 is 27.3 Å². The quantitative estimate of drug-likeness (QED) is 0.810. The van der Waals surface area contributed by atoms with E-state index < -0.39 is 0 Å². The Morgan fingerprint density at radius 1 is 1.43 bits per heavy atom. The van der Waals surface area contributed by atoms with Gasteiger partial charge in [0.25, 0.3) is 5.91 Å². The van der Waals surface area contributed by atoms with Crippen molar-refractivity contribution in [2.45, 2.75) is 26.3 Å². The lowest BCUT2D eigenvalue weighted by atomic mass is 10.3. The topological polar surface area (TPSA) is 67.2 Å². The van der Waals surface area contributed by atoms with Crippen LogP contribution in [0, 0.1) is 0 Å². The summed E-state index contributed by atoms with van der Waals surface area (Å²) < 4.78 is 2.66. The van der Waals surface area contributed by atoms with Crippen LogP contribution in [-0.4, -0.2) is 40.1 Å². The van der Waals surface area contributed by atoms with E-state index in [9.17, 15) is 9.59 Å². The van der Waals surface area contributed by atoms with Crippen molar-refractivity contribution in [3.05, 3.63) is 33.1 Å². The van der Waals surface area contributed by atoms with Gasteiger partial charge in [-0.05, 0) is 41.4 Å². The predicted molar refractivity (Wildman–Crippen MR) is 94.8 cm³/mol. The summed E-state index contributed by atoms with van der Waals surface area (Å²) in [6.45, 7) is 4.08. The van der Waals surface area contributed by atoms with Crippen LogP contribution in [0.1, 0.15) is 36.0 Å². The highest BCUT2D eigenvalue weighted by molar-refractivity contribution is 9.11. The predicted octanol–water partition coefficient (Wildman–Crippen LogP) is 3.39. The van der Waals surface area contributed by atoms with Crippen molar-refractivity contribution in [1.82, 2.24) is 14.7 Å². The van der Waals surface area contributed by atoms with Gasteiger partial charge in [0.2, 0.25) is 5.91 Å². The molecule has 0 aliphatic rings. The molecule has 1 unspecified atom stereocenters. The second-order valence-corrected chi connectivity index (χ2v) is 7.69. The zero-order chi connectivity index (χ0) is 17.0. The Bertz CT molecular complexity index is 697. The van der Waals surface area contributed by atoms with Crippen molar-refractivity contribution in [3.63, 3.8) is 0 Å². The van der Waals surface area contributed by atoms with E-state index in [1.165, 1.54) is 16.2 Å². The third-order valence-corrected chi connectivity index (χ3v) is 5.07. The van der Waals surface area contributed by atoms with Crippen LogP contribution in [0.5, 0.6) is 0 Å². The summed E-state index contributed by atoms with van der Waals surface area (Å²) in [6.07, 6.45) is 2.57. The molecule has 0 aromatic carbocycles. The Morgan fingerprint density at radius 2 is 2.17 bits per heavy atom. The maximum absolute atomic E-state index is 12.2. The summed E-state index contributed by atoms with van der Waals surface area (Å²) in [5, 5.41) is 7.03. The summed E-state index contributed by atoms with van der Waals surface area (Å²) in [5.74, 6) is 0.219. The number of rotatable bonds is 6.